The van der Waals surface area contributed by atoms with Crippen LogP contribution in [0.5, 0.6) is 0 Å². The van der Waals surface area contributed by atoms with Crippen molar-refractivity contribution in [3.8, 4) is 0 Å². The number of carbonyl (C=O) groups is 2. The van der Waals surface area contributed by atoms with Crippen molar-refractivity contribution in [1.29, 1.82) is 0 Å². The van der Waals surface area contributed by atoms with E-state index in [4.69, 9.17) is 0 Å². The third-order valence-corrected chi connectivity index (χ3v) is 6.75. The molecule has 6 nitrogen and oxygen atoms in total. The Balaban J connectivity index is 1.15. The maximum absolute atomic E-state index is 12.4. The number of carbonyl (C=O) groups excluding carboxylic acids is 2. The van der Waals surface area contributed by atoms with E-state index in [9.17, 15) is 9.59 Å². The molecule has 0 spiro atoms. The number of nitrogens with zero attached hydrogens (tertiary/aromatic N) is 2. The Morgan fingerprint density at radius 1 is 1.11 bits per heavy atom. The van der Waals surface area contributed by atoms with Crippen LogP contribution in [-0.4, -0.2) is 41.5 Å². The first-order chi connectivity index (χ1) is 13.2. The largest absolute Gasteiger partial charge is 0.338 e. The van der Waals surface area contributed by atoms with Crippen molar-refractivity contribution in [1.82, 2.24) is 15.2 Å². The molecule has 1 aliphatic heterocycles. The number of hydrogen-bond donors (Lipinski definition) is 2. The first-order valence-corrected chi connectivity index (χ1v) is 10.4. The van der Waals surface area contributed by atoms with Crippen molar-refractivity contribution >= 4 is 17.8 Å². The third kappa shape index (κ3) is 4.42. The maximum atomic E-state index is 12.4. The van der Waals surface area contributed by atoms with Gasteiger partial charge < -0.3 is 15.5 Å². The minimum absolute atomic E-state index is 0.00467. The fraction of sp³-hybridized carbons (Fsp3) is 0.667. The van der Waals surface area contributed by atoms with Gasteiger partial charge in [0, 0.05) is 31.7 Å². The van der Waals surface area contributed by atoms with Gasteiger partial charge in [-0.15, -0.1) is 0 Å². The summed E-state index contributed by atoms with van der Waals surface area (Å²) < 4.78 is 0. The lowest BCUT2D eigenvalue weighted by molar-refractivity contribution is -0.121. The summed E-state index contributed by atoms with van der Waals surface area (Å²) in [6, 6.07) is 5.49. The molecule has 0 radical (unpaired) electrons. The van der Waals surface area contributed by atoms with Crippen LogP contribution in [0.1, 0.15) is 44.9 Å². The zero-order valence-corrected chi connectivity index (χ0v) is 15.9. The molecule has 3 atom stereocenters. The Bertz CT molecular complexity index is 657. The zero-order chi connectivity index (χ0) is 18.6. The molecule has 2 bridgehead atoms. The van der Waals surface area contributed by atoms with Crippen LogP contribution < -0.4 is 10.6 Å². The summed E-state index contributed by atoms with van der Waals surface area (Å²) in [7, 11) is 0. The Hall–Kier alpha value is -2.11. The lowest BCUT2D eigenvalue weighted by atomic mass is 9.86. The molecule has 3 aliphatic rings. The standard InChI is InChI=1S/C21H30N4O2/c26-20(24-19-3-1-2-9-22-19)16-7-11-25(12-8-16)21(27)23-10-6-18-14-15-4-5-17(18)13-15/h1-3,9,15-18H,4-8,10-14H2,(H,23,27)(H,22,24,26)/t15-,17-,18+/m0/s1. The summed E-state index contributed by atoms with van der Waals surface area (Å²) in [6.45, 7) is 2.06. The van der Waals surface area contributed by atoms with Crippen LogP contribution in [0.25, 0.3) is 0 Å². The number of aromatic nitrogens is 1. The van der Waals surface area contributed by atoms with E-state index in [1.807, 2.05) is 17.0 Å². The molecule has 2 aliphatic carbocycles. The summed E-state index contributed by atoms with van der Waals surface area (Å²) in [4.78, 5) is 30.7. The predicted octanol–water partition coefficient (Wildman–Crippen LogP) is 3.27. The van der Waals surface area contributed by atoms with Crippen molar-refractivity contribution in [3.05, 3.63) is 24.4 Å². The molecule has 3 amide bonds. The monoisotopic (exact) mass is 370 g/mol. The molecule has 4 rings (SSSR count). The molecule has 1 saturated heterocycles. The number of anilines is 1. The summed E-state index contributed by atoms with van der Waals surface area (Å²) in [5.41, 5.74) is 0. The summed E-state index contributed by atoms with van der Waals surface area (Å²) in [6.07, 6.45) is 9.82. The van der Waals surface area contributed by atoms with Crippen LogP contribution in [0.15, 0.2) is 24.4 Å². The van der Waals surface area contributed by atoms with Gasteiger partial charge in [0.2, 0.25) is 5.91 Å². The average molecular weight is 370 g/mol. The van der Waals surface area contributed by atoms with Crippen molar-refractivity contribution in [2.24, 2.45) is 23.7 Å². The minimum Gasteiger partial charge on any atom is -0.338 e. The van der Waals surface area contributed by atoms with Crippen LogP contribution in [-0.2, 0) is 4.79 Å². The lowest BCUT2D eigenvalue weighted by Gasteiger charge is -2.31. The SMILES string of the molecule is O=C(Nc1ccccn1)C1CCN(C(=O)NCC[C@@H]2C[C@H]3CC[C@H]2C3)CC1. The van der Waals surface area contributed by atoms with E-state index in [0.717, 1.165) is 30.7 Å². The van der Waals surface area contributed by atoms with Gasteiger partial charge in [-0.1, -0.05) is 12.5 Å². The first kappa shape index (κ1) is 18.3. The second-order valence-electron chi connectivity index (χ2n) is 8.42. The van der Waals surface area contributed by atoms with Gasteiger partial charge in [0.1, 0.15) is 5.82 Å². The number of amides is 3. The number of fused-ring (bicyclic) bond motifs is 2. The van der Waals surface area contributed by atoms with Crippen molar-refractivity contribution in [2.75, 3.05) is 25.0 Å². The quantitative estimate of drug-likeness (QED) is 0.835. The van der Waals surface area contributed by atoms with Crippen molar-refractivity contribution in [3.63, 3.8) is 0 Å². The van der Waals surface area contributed by atoms with Gasteiger partial charge in [-0.25, -0.2) is 9.78 Å². The molecule has 0 aromatic carbocycles. The molecule has 1 aromatic rings. The van der Waals surface area contributed by atoms with Gasteiger partial charge in [0.05, 0.1) is 0 Å². The van der Waals surface area contributed by atoms with E-state index in [1.54, 1.807) is 12.3 Å². The molecule has 3 fully saturated rings. The number of urea groups is 1. The highest BCUT2D eigenvalue weighted by Crippen LogP contribution is 2.49. The Labute approximate surface area is 161 Å². The van der Waals surface area contributed by atoms with Gasteiger partial charge in [0.15, 0.2) is 0 Å². The molecule has 1 aromatic heterocycles. The van der Waals surface area contributed by atoms with Crippen LogP contribution in [0.4, 0.5) is 10.6 Å². The van der Waals surface area contributed by atoms with Crippen molar-refractivity contribution in [2.45, 2.75) is 44.9 Å². The van der Waals surface area contributed by atoms with Crippen LogP contribution in [0.2, 0.25) is 0 Å². The van der Waals surface area contributed by atoms with E-state index in [0.29, 0.717) is 31.7 Å². The first-order valence-electron chi connectivity index (χ1n) is 10.4. The van der Waals surface area contributed by atoms with Crippen molar-refractivity contribution < 1.29 is 9.59 Å². The average Bonchev–Trinajstić information content (AvgIpc) is 3.32. The normalized spacial score (nSPS) is 27.6. The highest BCUT2D eigenvalue weighted by Gasteiger charge is 2.39. The van der Waals surface area contributed by atoms with Crippen LogP contribution in [0.3, 0.4) is 0 Å². The summed E-state index contributed by atoms with van der Waals surface area (Å²) >= 11 is 0. The molecule has 6 heteroatoms. The summed E-state index contributed by atoms with van der Waals surface area (Å²) in [5, 5.41) is 5.96. The molecule has 0 unspecified atom stereocenters. The zero-order valence-electron chi connectivity index (χ0n) is 15.9. The number of piperidine rings is 1. The van der Waals surface area contributed by atoms with E-state index < -0.39 is 0 Å². The Kier molecular flexibility index (Phi) is 5.60. The Morgan fingerprint density at radius 2 is 1.96 bits per heavy atom. The smallest absolute Gasteiger partial charge is 0.317 e. The van der Waals surface area contributed by atoms with Gasteiger partial charge in [-0.3, -0.25) is 4.79 Å². The maximum Gasteiger partial charge on any atom is 0.317 e. The topological polar surface area (TPSA) is 74.3 Å². The van der Waals surface area contributed by atoms with E-state index in [-0.39, 0.29) is 17.9 Å². The van der Waals surface area contributed by atoms with E-state index in [1.165, 1.54) is 25.7 Å². The minimum atomic E-state index is -0.0508. The summed E-state index contributed by atoms with van der Waals surface area (Å²) in [5.74, 6) is 3.25. The van der Waals surface area contributed by atoms with Gasteiger partial charge in [-0.05, 0) is 68.4 Å². The number of rotatable bonds is 5. The molecule has 27 heavy (non-hydrogen) atoms. The molecular formula is C21H30N4O2. The molecule has 146 valence electrons. The number of hydrogen-bond acceptors (Lipinski definition) is 3. The predicted molar refractivity (Wildman–Crippen MR) is 104 cm³/mol. The number of likely N-dealkylation sites (tertiary alicyclic amines) is 1. The highest BCUT2D eigenvalue weighted by molar-refractivity contribution is 5.91. The fourth-order valence-corrected chi connectivity index (χ4v) is 5.22. The Morgan fingerprint density at radius 3 is 2.63 bits per heavy atom. The molecular weight excluding hydrogens is 340 g/mol. The van der Waals surface area contributed by atoms with E-state index in [2.05, 4.69) is 15.6 Å². The van der Waals surface area contributed by atoms with E-state index >= 15 is 0 Å². The third-order valence-electron chi connectivity index (χ3n) is 6.75. The van der Waals surface area contributed by atoms with Crippen LogP contribution >= 0.6 is 0 Å². The van der Waals surface area contributed by atoms with Gasteiger partial charge >= 0.3 is 6.03 Å². The number of pyridine rings is 1. The number of nitrogens with one attached hydrogen (secondary N) is 2. The second-order valence-corrected chi connectivity index (χ2v) is 8.42. The lowest BCUT2D eigenvalue weighted by Crippen LogP contribution is -2.46. The molecule has 2 N–H and O–H groups in total. The highest BCUT2D eigenvalue weighted by atomic mass is 16.2. The molecule has 2 heterocycles. The van der Waals surface area contributed by atoms with Crippen LogP contribution in [0, 0.1) is 23.7 Å². The fourth-order valence-electron chi connectivity index (χ4n) is 5.22. The second kappa shape index (κ2) is 8.28. The molecule has 2 saturated carbocycles. The van der Waals surface area contributed by atoms with Gasteiger partial charge in [-0.2, -0.15) is 0 Å². The van der Waals surface area contributed by atoms with Gasteiger partial charge in [0.25, 0.3) is 0 Å².